The number of fused-ring (bicyclic) bond motifs is 1. The van der Waals surface area contributed by atoms with E-state index in [-0.39, 0.29) is 11.4 Å². The maximum Gasteiger partial charge on any atom is 0.356 e. The summed E-state index contributed by atoms with van der Waals surface area (Å²) in [5.74, 6) is -0.494. The average molecular weight is 221 g/mol. The zero-order valence-corrected chi connectivity index (χ0v) is 8.64. The third kappa shape index (κ3) is 1.59. The van der Waals surface area contributed by atoms with Crippen LogP contribution in [0.1, 0.15) is 16.3 Å². The van der Waals surface area contributed by atoms with Gasteiger partial charge in [-0.15, -0.1) is 0 Å². The van der Waals surface area contributed by atoms with Crippen molar-refractivity contribution in [2.24, 2.45) is 0 Å². The minimum atomic E-state index is -1.11. The maximum atomic E-state index is 11.0. The molecule has 6 heteroatoms. The molecule has 0 atom stereocenters. The molecule has 0 bridgehead atoms. The Balaban J connectivity index is 2.71. The van der Waals surface area contributed by atoms with Crippen LogP contribution in [0.2, 0.25) is 0 Å². The maximum absolute atomic E-state index is 11.0. The second-order valence-electron chi connectivity index (χ2n) is 3.35. The Bertz CT molecular complexity index is 547. The summed E-state index contributed by atoms with van der Waals surface area (Å²) in [6.07, 6.45) is 1.59. The van der Waals surface area contributed by atoms with E-state index >= 15 is 0 Å². The Kier molecular flexibility index (Phi) is 2.49. The molecule has 0 aliphatic rings. The van der Waals surface area contributed by atoms with Crippen LogP contribution in [0.15, 0.2) is 18.3 Å². The van der Waals surface area contributed by atoms with Gasteiger partial charge in [0.05, 0.1) is 12.1 Å². The summed E-state index contributed by atoms with van der Waals surface area (Å²) < 4.78 is 1.64. The summed E-state index contributed by atoms with van der Waals surface area (Å²) in [5, 5.41) is 21.2. The number of carbonyl (C=O) groups is 1. The fraction of sp³-hybridized carbons (Fsp3) is 0.200. The zero-order chi connectivity index (χ0) is 11.7. The number of nitrogens with one attached hydrogen (secondary N) is 1. The molecule has 0 aliphatic heterocycles. The molecule has 0 fully saturated rings. The highest BCUT2D eigenvalue weighted by molar-refractivity contribution is 5.94. The van der Waals surface area contributed by atoms with Crippen LogP contribution in [-0.4, -0.2) is 32.6 Å². The van der Waals surface area contributed by atoms with Crippen molar-refractivity contribution in [1.29, 1.82) is 0 Å². The lowest BCUT2D eigenvalue weighted by molar-refractivity contribution is 0.0693. The first kappa shape index (κ1) is 10.4. The third-order valence-electron chi connectivity index (χ3n) is 2.24. The predicted octanol–water partition coefficient (Wildman–Crippen LogP) is 0.458. The Morgan fingerprint density at radius 1 is 1.62 bits per heavy atom. The third-order valence-corrected chi connectivity index (χ3v) is 2.24. The first-order chi connectivity index (χ1) is 7.63. The lowest BCUT2D eigenvalue weighted by Gasteiger charge is -1.99. The molecule has 2 aromatic heterocycles. The monoisotopic (exact) mass is 221 g/mol. The highest BCUT2D eigenvalue weighted by Crippen LogP contribution is 2.18. The fourth-order valence-electron chi connectivity index (χ4n) is 1.58. The van der Waals surface area contributed by atoms with Crippen molar-refractivity contribution in [2.75, 3.05) is 7.05 Å². The van der Waals surface area contributed by atoms with Gasteiger partial charge in [-0.3, -0.25) is 0 Å². The summed E-state index contributed by atoms with van der Waals surface area (Å²) in [6, 6.07) is 2.87. The van der Waals surface area contributed by atoms with E-state index < -0.39 is 5.97 Å². The number of aromatic hydroxyl groups is 1. The van der Waals surface area contributed by atoms with Crippen LogP contribution in [0.3, 0.4) is 0 Å². The van der Waals surface area contributed by atoms with Gasteiger partial charge in [0.1, 0.15) is 11.6 Å². The number of carboxylic acids is 1. The van der Waals surface area contributed by atoms with E-state index in [2.05, 4.69) is 10.3 Å². The number of carboxylic acid groups (broad SMARTS) is 1. The Morgan fingerprint density at radius 2 is 2.38 bits per heavy atom. The smallest absolute Gasteiger partial charge is 0.356 e. The summed E-state index contributed by atoms with van der Waals surface area (Å²) in [5.41, 5.74) is 0.332. The van der Waals surface area contributed by atoms with Gasteiger partial charge in [-0.05, 0) is 13.1 Å². The van der Waals surface area contributed by atoms with E-state index in [0.29, 0.717) is 17.9 Å². The van der Waals surface area contributed by atoms with E-state index in [0.717, 1.165) is 0 Å². The molecule has 0 unspecified atom stereocenters. The number of nitrogens with zero attached hydrogens (tertiary/aromatic N) is 2. The lowest BCUT2D eigenvalue weighted by atomic mass is 10.3. The normalized spacial score (nSPS) is 10.8. The van der Waals surface area contributed by atoms with Crippen molar-refractivity contribution in [3.8, 4) is 5.75 Å². The van der Waals surface area contributed by atoms with Crippen molar-refractivity contribution in [2.45, 2.75) is 6.54 Å². The van der Waals surface area contributed by atoms with Crippen molar-refractivity contribution < 1.29 is 15.0 Å². The van der Waals surface area contributed by atoms with Crippen LogP contribution >= 0.6 is 0 Å². The molecule has 0 radical (unpaired) electrons. The Morgan fingerprint density at radius 3 is 3.00 bits per heavy atom. The van der Waals surface area contributed by atoms with Gasteiger partial charge < -0.3 is 19.9 Å². The van der Waals surface area contributed by atoms with E-state index in [4.69, 9.17) is 5.11 Å². The van der Waals surface area contributed by atoms with Crippen LogP contribution in [0.5, 0.6) is 5.75 Å². The van der Waals surface area contributed by atoms with Crippen LogP contribution < -0.4 is 5.32 Å². The van der Waals surface area contributed by atoms with E-state index in [1.807, 2.05) is 0 Å². The molecule has 0 saturated carbocycles. The molecule has 2 heterocycles. The van der Waals surface area contributed by atoms with Gasteiger partial charge in [-0.25, -0.2) is 9.78 Å². The molecule has 84 valence electrons. The molecule has 0 aliphatic carbocycles. The molecular weight excluding hydrogens is 210 g/mol. The van der Waals surface area contributed by atoms with Gasteiger partial charge >= 0.3 is 5.97 Å². The van der Waals surface area contributed by atoms with Gasteiger partial charge in [0.2, 0.25) is 0 Å². The van der Waals surface area contributed by atoms with Crippen molar-refractivity contribution in [1.82, 2.24) is 14.7 Å². The predicted molar refractivity (Wildman–Crippen MR) is 56.6 cm³/mol. The number of aromatic nitrogens is 2. The minimum absolute atomic E-state index is 0.0194. The second-order valence-corrected chi connectivity index (χ2v) is 3.35. The number of hydrogen-bond donors (Lipinski definition) is 3. The number of hydrogen-bond acceptors (Lipinski definition) is 4. The zero-order valence-electron chi connectivity index (χ0n) is 8.64. The molecule has 0 saturated heterocycles. The van der Waals surface area contributed by atoms with E-state index in [1.54, 1.807) is 17.6 Å². The van der Waals surface area contributed by atoms with E-state index in [9.17, 15) is 9.90 Å². The summed E-state index contributed by atoms with van der Waals surface area (Å²) >= 11 is 0. The van der Waals surface area contributed by atoms with Crippen LogP contribution in [-0.2, 0) is 6.54 Å². The first-order valence-electron chi connectivity index (χ1n) is 4.71. The molecule has 2 aromatic rings. The van der Waals surface area contributed by atoms with Crippen molar-refractivity contribution in [3.63, 3.8) is 0 Å². The van der Waals surface area contributed by atoms with Crippen molar-refractivity contribution in [3.05, 3.63) is 29.8 Å². The van der Waals surface area contributed by atoms with Crippen LogP contribution in [0.25, 0.3) is 5.52 Å². The highest BCUT2D eigenvalue weighted by atomic mass is 16.4. The summed E-state index contributed by atoms with van der Waals surface area (Å²) in [6.45, 7) is 0.458. The largest absolute Gasteiger partial charge is 0.508 e. The number of pyridine rings is 1. The van der Waals surface area contributed by atoms with Crippen molar-refractivity contribution >= 4 is 11.5 Å². The van der Waals surface area contributed by atoms with Gasteiger partial charge in [0.25, 0.3) is 0 Å². The Hall–Kier alpha value is -2.08. The molecular formula is C10H11N3O3. The molecule has 3 N–H and O–H groups in total. The SMILES string of the molecule is CNCc1nc(C(=O)O)c2cc(O)ccn12. The first-order valence-corrected chi connectivity index (χ1v) is 4.71. The van der Waals surface area contributed by atoms with Crippen LogP contribution in [0, 0.1) is 0 Å². The molecule has 6 nitrogen and oxygen atoms in total. The van der Waals surface area contributed by atoms with E-state index in [1.165, 1.54) is 12.1 Å². The Labute approximate surface area is 91.2 Å². The van der Waals surface area contributed by atoms with Crippen LogP contribution in [0.4, 0.5) is 0 Å². The highest BCUT2D eigenvalue weighted by Gasteiger charge is 2.16. The fourth-order valence-corrected chi connectivity index (χ4v) is 1.58. The molecule has 2 rings (SSSR count). The number of imidazole rings is 1. The summed E-state index contributed by atoms with van der Waals surface area (Å²) in [7, 11) is 1.75. The topological polar surface area (TPSA) is 86.9 Å². The molecule has 0 spiro atoms. The quantitative estimate of drug-likeness (QED) is 0.700. The summed E-state index contributed by atoms with van der Waals surface area (Å²) in [4.78, 5) is 15.0. The molecule has 0 amide bonds. The number of rotatable bonds is 3. The van der Waals surface area contributed by atoms with Gasteiger partial charge in [-0.1, -0.05) is 0 Å². The standard InChI is InChI=1S/C10H11N3O3/c1-11-5-8-12-9(10(15)16)7-4-6(14)2-3-13(7)8/h2-4,11,14H,5H2,1H3,(H,15,16). The second kappa shape index (κ2) is 3.82. The van der Waals surface area contributed by atoms with Gasteiger partial charge in [0, 0.05) is 12.3 Å². The van der Waals surface area contributed by atoms with Gasteiger partial charge in [0.15, 0.2) is 5.69 Å². The lowest BCUT2D eigenvalue weighted by Crippen LogP contribution is -2.08. The minimum Gasteiger partial charge on any atom is -0.508 e. The molecule has 16 heavy (non-hydrogen) atoms. The average Bonchev–Trinajstić information content (AvgIpc) is 2.57. The number of aromatic carboxylic acids is 1. The van der Waals surface area contributed by atoms with Gasteiger partial charge in [-0.2, -0.15) is 0 Å². The molecule has 0 aromatic carbocycles.